The number of carbonyl (C=O) groups excluding carboxylic acids is 1. The van der Waals surface area contributed by atoms with Gasteiger partial charge >= 0.3 is 5.97 Å². The lowest BCUT2D eigenvalue weighted by molar-refractivity contribution is 0.0695. The van der Waals surface area contributed by atoms with Crippen LogP contribution in [0.5, 0.6) is 0 Å². The number of carboxylic acids is 1. The predicted octanol–water partition coefficient (Wildman–Crippen LogP) is 4.86. The van der Waals surface area contributed by atoms with Gasteiger partial charge in [0, 0.05) is 15.7 Å². The molecule has 0 aliphatic rings. The lowest BCUT2D eigenvalue weighted by atomic mass is 10.0. The average molecular weight is 384 g/mol. The standard InChI is InChI=1S/C19H14BrNO3/c1-11-12(19(23)24)5-4-10-17(11)21-18(22)15-8-2-7-14-13(15)6-3-9-16(14)20/h2-10H,1H3,(H,21,22)(H,23,24). The molecule has 5 heteroatoms. The monoisotopic (exact) mass is 383 g/mol. The molecule has 0 heterocycles. The van der Waals surface area contributed by atoms with Gasteiger partial charge in [-0.1, -0.05) is 46.3 Å². The van der Waals surface area contributed by atoms with Crippen LogP contribution in [0.4, 0.5) is 5.69 Å². The number of carboxylic acid groups (broad SMARTS) is 1. The first-order chi connectivity index (χ1) is 11.5. The molecule has 0 aromatic heterocycles. The summed E-state index contributed by atoms with van der Waals surface area (Å²) in [6.07, 6.45) is 0. The van der Waals surface area contributed by atoms with Crippen LogP contribution in [0.2, 0.25) is 0 Å². The quantitative estimate of drug-likeness (QED) is 0.678. The summed E-state index contributed by atoms with van der Waals surface area (Å²) in [5.41, 5.74) is 1.73. The van der Waals surface area contributed by atoms with Crippen molar-refractivity contribution in [3.8, 4) is 0 Å². The molecule has 0 aliphatic carbocycles. The molecule has 0 fully saturated rings. The van der Waals surface area contributed by atoms with Crippen LogP contribution in [0.15, 0.2) is 59.1 Å². The van der Waals surface area contributed by atoms with Gasteiger partial charge in [0.25, 0.3) is 5.91 Å². The van der Waals surface area contributed by atoms with Gasteiger partial charge in [-0.2, -0.15) is 0 Å². The van der Waals surface area contributed by atoms with E-state index in [4.69, 9.17) is 0 Å². The van der Waals surface area contributed by atoms with E-state index in [2.05, 4.69) is 21.2 Å². The Morgan fingerprint density at radius 3 is 2.29 bits per heavy atom. The molecule has 0 saturated carbocycles. The molecular weight excluding hydrogens is 370 g/mol. The maximum absolute atomic E-state index is 12.7. The number of halogens is 1. The van der Waals surface area contributed by atoms with Gasteiger partial charge in [-0.05, 0) is 47.5 Å². The van der Waals surface area contributed by atoms with Crippen LogP contribution in [-0.2, 0) is 0 Å². The number of anilines is 1. The minimum Gasteiger partial charge on any atom is -0.478 e. The number of carbonyl (C=O) groups is 2. The Kier molecular flexibility index (Phi) is 4.36. The van der Waals surface area contributed by atoms with E-state index < -0.39 is 5.97 Å². The van der Waals surface area contributed by atoms with Gasteiger partial charge in [0.15, 0.2) is 0 Å². The highest BCUT2D eigenvalue weighted by atomic mass is 79.9. The number of benzene rings is 3. The van der Waals surface area contributed by atoms with Crippen LogP contribution in [-0.4, -0.2) is 17.0 Å². The third-order valence-corrected chi connectivity index (χ3v) is 4.62. The summed E-state index contributed by atoms with van der Waals surface area (Å²) >= 11 is 3.49. The average Bonchev–Trinajstić information content (AvgIpc) is 2.56. The van der Waals surface area contributed by atoms with Crippen LogP contribution in [0.25, 0.3) is 10.8 Å². The molecule has 120 valence electrons. The lowest BCUT2D eigenvalue weighted by Gasteiger charge is -2.12. The van der Waals surface area contributed by atoms with Crippen molar-refractivity contribution in [1.29, 1.82) is 0 Å². The zero-order valence-electron chi connectivity index (χ0n) is 12.8. The predicted molar refractivity (Wildman–Crippen MR) is 97.7 cm³/mol. The molecular formula is C19H14BrNO3. The van der Waals surface area contributed by atoms with Crippen LogP contribution in [0, 0.1) is 6.92 Å². The maximum atomic E-state index is 12.7. The smallest absolute Gasteiger partial charge is 0.336 e. The summed E-state index contributed by atoms with van der Waals surface area (Å²) in [5, 5.41) is 13.8. The summed E-state index contributed by atoms with van der Waals surface area (Å²) in [6, 6.07) is 16.0. The zero-order valence-corrected chi connectivity index (χ0v) is 14.4. The minimum absolute atomic E-state index is 0.175. The van der Waals surface area contributed by atoms with Gasteiger partial charge in [0.05, 0.1) is 5.56 Å². The van der Waals surface area contributed by atoms with E-state index in [-0.39, 0.29) is 11.5 Å². The Balaban J connectivity index is 2.02. The Bertz CT molecular complexity index is 966. The molecule has 0 radical (unpaired) electrons. The van der Waals surface area contributed by atoms with Crippen molar-refractivity contribution in [2.24, 2.45) is 0 Å². The molecule has 0 aliphatic heterocycles. The summed E-state index contributed by atoms with van der Waals surface area (Å²) in [5.74, 6) is -1.29. The van der Waals surface area contributed by atoms with Crippen molar-refractivity contribution in [1.82, 2.24) is 0 Å². The second kappa shape index (κ2) is 6.45. The van der Waals surface area contributed by atoms with Crippen LogP contribution >= 0.6 is 15.9 Å². The highest BCUT2D eigenvalue weighted by Crippen LogP contribution is 2.27. The molecule has 3 aromatic carbocycles. The number of rotatable bonds is 3. The minimum atomic E-state index is -1.02. The number of nitrogens with one attached hydrogen (secondary N) is 1. The SMILES string of the molecule is Cc1c(NC(=O)c2cccc3c(Br)cccc23)cccc1C(=O)O. The van der Waals surface area contributed by atoms with Gasteiger partial charge in [0.2, 0.25) is 0 Å². The van der Waals surface area contributed by atoms with Crippen molar-refractivity contribution in [2.45, 2.75) is 6.92 Å². The van der Waals surface area contributed by atoms with Gasteiger partial charge in [0.1, 0.15) is 0 Å². The highest BCUT2D eigenvalue weighted by Gasteiger charge is 2.15. The molecule has 3 aromatic rings. The maximum Gasteiger partial charge on any atom is 0.336 e. The Morgan fingerprint density at radius 1 is 0.917 bits per heavy atom. The second-order valence-corrected chi connectivity index (χ2v) is 6.23. The molecule has 0 unspecified atom stereocenters. The molecule has 1 amide bonds. The molecule has 24 heavy (non-hydrogen) atoms. The molecule has 0 bridgehead atoms. The third kappa shape index (κ3) is 2.90. The first-order valence-electron chi connectivity index (χ1n) is 7.30. The van der Waals surface area contributed by atoms with E-state index in [9.17, 15) is 14.7 Å². The molecule has 2 N–H and O–H groups in total. The number of amides is 1. The normalized spacial score (nSPS) is 10.6. The number of aromatic carboxylic acids is 1. The molecule has 0 spiro atoms. The molecule has 3 rings (SSSR count). The Hall–Kier alpha value is -2.66. The van der Waals surface area contributed by atoms with E-state index in [0.29, 0.717) is 16.8 Å². The summed E-state index contributed by atoms with van der Waals surface area (Å²) in [4.78, 5) is 23.9. The fourth-order valence-electron chi connectivity index (χ4n) is 2.66. The van der Waals surface area contributed by atoms with Crippen LogP contribution in [0.3, 0.4) is 0 Å². The van der Waals surface area contributed by atoms with E-state index in [1.807, 2.05) is 30.3 Å². The van der Waals surface area contributed by atoms with Crippen LogP contribution in [0.1, 0.15) is 26.3 Å². The van der Waals surface area contributed by atoms with Crippen molar-refractivity contribution in [3.05, 3.63) is 75.8 Å². The van der Waals surface area contributed by atoms with Gasteiger partial charge < -0.3 is 10.4 Å². The Morgan fingerprint density at radius 2 is 1.54 bits per heavy atom. The third-order valence-electron chi connectivity index (χ3n) is 3.93. The molecule has 0 saturated heterocycles. The van der Waals surface area contributed by atoms with Gasteiger partial charge in [-0.25, -0.2) is 4.79 Å². The van der Waals surface area contributed by atoms with Crippen LogP contribution < -0.4 is 5.32 Å². The van der Waals surface area contributed by atoms with Gasteiger partial charge in [-0.15, -0.1) is 0 Å². The van der Waals surface area contributed by atoms with E-state index in [1.54, 1.807) is 25.1 Å². The highest BCUT2D eigenvalue weighted by molar-refractivity contribution is 9.10. The fourth-order valence-corrected chi connectivity index (χ4v) is 3.16. The second-order valence-electron chi connectivity index (χ2n) is 5.38. The summed E-state index contributed by atoms with van der Waals surface area (Å²) in [6.45, 7) is 1.68. The molecule has 4 nitrogen and oxygen atoms in total. The van der Waals surface area contributed by atoms with E-state index in [1.165, 1.54) is 6.07 Å². The summed E-state index contributed by atoms with van der Waals surface area (Å²) < 4.78 is 0.915. The topological polar surface area (TPSA) is 66.4 Å². The number of fused-ring (bicyclic) bond motifs is 1. The van der Waals surface area contributed by atoms with Crippen molar-refractivity contribution >= 4 is 44.3 Å². The first kappa shape index (κ1) is 16.2. The van der Waals surface area contributed by atoms with E-state index in [0.717, 1.165) is 15.2 Å². The molecule has 0 atom stereocenters. The summed E-state index contributed by atoms with van der Waals surface area (Å²) in [7, 11) is 0. The van der Waals surface area contributed by atoms with Crippen molar-refractivity contribution in [3.63, 3.8) is 0 Å². The Labute approximate surface area is 147 Å². The number of hydrogen-bond acceptors (Lipinski definition) is 2. The van der Waals surface area contributed by atoms with E-state index >= 15 is 0 Å². The van der Waals surface area contributed by atoms with Crippen molar-refractivity contribution in [2.75, 3.05) is 5.32 Å². The fraction of sp³-hybridized carbons (Fsp3) is 0.0526. The van der Waals surface area contributed by atoms with Gasteiger partial charge in [-0.3, -0.25) is 4.79 Å². The lowest BCUT2D eigenvalue weighted by Crippen LogP contribution is -2.14. The first-order valence-corrected chi connectivity index (χ1v) is 8.10. The van der Waals surface area contributed by atoms with Crippen molar-refractivity contribution < 1.29 is 14.7 Å². The number of hydrogen-bond donors (Lipinski definition) is 2. The largest absolute Gasteiger partial charge is 0.478 e. The zero-order chi connectivity index (χ0) is 17.3.